The van der Waals surface area contributed by atoms with Crippen molar-refractivity contribution in [1.82, 2.24) is 0 Å². The molecule has 0 aromatic carbocycles. The van der Waals surface area contributed by atoms with Gasteiger partial charge in [-0.15, -0.1) is 0 Å². The molecule has 2 unspecified atom stereocenters. The van der Waals surface area contributed by atoms with Crippen molar-refractivity contribution in [1.29, 1.82) is 0 Å². The second-order valence-corrected chi connectivity index (χ2v) is 27.3. The van der Waals surface area contributed by atoms with Crippen LogP contribution < -0.4 is 4.89 Å². The molecule has 0 fully saturated rings. The number of quaternary nitrogens is 1. The molecule has 0 amide bonds. The van der Waals surface area contributed by atoms with Crippen LogP contribution in [0.4, 0.5) is 0 Å². The van der Waals surface area contributed by atoms with Crippen LogP contribution in [0, 0.1) is 0 Å². The third-order valence-electron chi connectivity index (χ3n) is 16.1. The van der Waals surface area contributed by atoms with Gasteiger partial charge in [0.15, 0.2) is 6.10 Å². The molecule has 0 saturated carbocycles. The van der Waals surface area contributed by atoms with Crippen molar-refractivity contribution in [2.75, 3.05) is 47.5 Å². The van der Waals surface area contributed by atoms with Crippen molar-refractivity contribution < 1.29 is 42.1 Å². The monoisotopic (exact) mass is 1250 g/mol. The zero-order valence-corrected chi connectivity index (χ0v) is 59.1. The van der Waals surface area contributed by atoms with Gasteiger partial charge in [0, 0.05) is 12.8 Å². The summed E-state index contributed by atoms with van der Waals surface area (Å²) in [6, 6.07) is 0. The zero-order chi connectivity index (χ0) is 64.1. The van der Waals surface area contributed by atoms with Crippen molar-refractivity contribution in [2.45, 2.75) is 341 Å². The number of ether oxygens (including phenoxy) is 2. The average molecular weight is 1250 g/mol. The summed E-state index contributed by atoms with van der Waals surface area (Å²) >= 11 is 0. The number of carbonyl (C=O) groups is 2. The fourth-order valence-electron chi connectivity index (χ4n) is 10.5. The molecule has 10 heteroatoms. The molecular weight excluding hydrogens is 1110 g/mol. The van der Waals surface area contributed by atoms with Crippen LogP contribution in [0.5, 0.6) is 0 Å². The van der Waals surface area contributed by atoms with Gasteiger partial charge in [-0.3, -0.25) is 14.2 Å². The van der Waals surface area contributed by atoms with E-state index in [9.17, 15) is 19.0 Å². The number of phosphoric acid groups is 1. The van der Waals surface area contributed by atoms with Crippen molar-refractivity contribution in [3.63, 3.8) is 0 Å². The minimum Gasteiger partial charge on any atom is -0.756 e. The van der Waals surface area contributed by atoms with Gasteiger partial charge in [-0.25, -0.2) is 0 Å². The first-order valence-electron chi connectivity index (χ1n) is 36.9. The number of carbonyl (C=O) groups excluding carboxylic acids is 2. The molecule has 0 aromatic rings. The Hall–Kier alpha value is -3.07. The Balaban J connectivity index is 4.02. The SMILES string of the molecule is CC/C=C\C/C=C\C/C=C\C/C=C\C/C=C\C/C=C\C/C=C\CCCCCCCCCC(=O)OC(COC(=O)CCCCCCCCCCCCCCCCCCCCCCCCC/C=C\CCCCCCCCCC)COP(=O)([O-])OCC[N+](C)(C)C. The molecule has 0 aliphatic carbocycles. The lowest BCUT2D eigenvalue weighted by Gasteiger charge is -2.28. The molecule has 88 heavy (non-hydrogen) atoms. The van der Waals surface area contributed by atoms with Crippen molar-refractivity contribution >= 4 is 19.8 Å². The molecule has 0 bridgehead atoms. The largest absolute Gasteiger partial charge is 0.756 e. The van der Waals surface area contributed by atoms with Gasteiger partial charge in [-0.2, -0.15) is 0 Å². The highest BCUT2D eigenvalue weighted by atomic mass is 31.2. The zero-order valence-electron chi connectivity index (χ0n) is 58.2. The Morgan fingerprint density at radius 3 is 0.977 bits per heavy atom. The number of allylic oxidation sites excluding steroid dienone is 16. The number of likely N-dealkylation sites (N-methyl/N-ethyl adjacent to an activating group) is 1. The predicted molar refractivity (Wildman–Crippen MR) is 379 cm³/mol. The molecule has 0 N–H and O–H groups in total. The molecule has 0 radical (unpaired) electrons. The first kappa shape index (κ1) is 84.9. The van der Waals surface area contributed by atoms with Gasteiger partial charge in [0.25, 0.3) is 7.82 Å². The Bertz CT molecular complexity index is 1810. The maximum Gasteiger partial charge on any atom is 0.306 e. The molecule has 510 valence electrons. The summed E-state index contributed by atoms with van der Waals surface area (Å²) in [5, 5.41) is 0. The summed E-state index contributed by atoms with van der Waals surface area (Å²) in [5.74, 6) is -0.838. The minimum absolute atomic E-state index is 0.0363. The van der Waals surface area contributed by atoms with Gasteiger partial charge >= 0.3 is 11.9 Å². The van der Waals surface area contributed by atoms with Crippen molar-refractivity contribution in [2.24, 2.45) is 0 Å². The number of phosphoric ester groups is 1. The third-order valence-corrected chi connectivity index (χ3v) is 17.1. The molecule has 0 saturated heterocycles. The summed E-state index contributed by atoms with van der Waals surface area (Å²) in [7, 11) is 1.16. The van der Waals surface area contributed by atoms with E-state index in [2.05, 4.69) is 111 Å². The molecule has 0 aliphatic rings. The first-order chi connectivity index (χ1) is 43.0. The van der Waals surface area contributed by atoms with Crippen LogP contribution in [-0.4, -0.2) is 70.0 Å². The number of unbranched alkanes of at least 4 members (excludes halogenated alkanes) is 38. The molecule has 0 heterocycles. The van der Waals surface area contributed by atoms with E-state index < -0.39 is 26.5 Å². The summed E-state index contributed by atoms with van der Waals surface area (Å²) in [6.07, 6.45) is 95.1. The van der Waals surface area contributed by atoms with Gasteiger partial charge in [-0.05, 0) is 96.3 Å². The minimum atomic E-state index is -4.65. The number of rotatable bonds is 68. The van der Waals surface area contributed by atoms with E-state index in [4.69, 9.17) is 18.5 Å². The number of esters is 2. The highest BCUT2D eigenvalue weighted by Crippen LogP contribution is 2.38. The quantitative estimate of drug-likeness (QED) is 0.0195. The molecule has 0 aliphatic heterocycles. The highest BCUT2D eigenvalue weighted by Gasteiger charge is 2.22. The van der Waals surface area contributed by atoms with E-state index in [1.165, 1.54) is 212 Å². The number of nitrogens with zero attached hydrogens (tertiary/aromatic N) is 1. The lowest BCUT2D eigenvalue weighted by molar-refractivity contribution is -0.870. The van der Waals surface area contributed by atoms with Crippen LogP contribution in [-0.2, 0) is 32.7 Å². The molecule has 0 aromatic heterocycles. The van der Waals surface area contributed by atoms with E-state index in [1.54, 1.807) is 0 Å². The predicted octanol–water partition coefficient (Wildman–Crippen LogP) is 23.6. The molecular formula is C78H140NO8P. The topological polar surface area (TPSA) is 111 Å². The summed E-state index contributed by atoms with van der Waals surface area (Å²) in [6.45, 7) is 4.15. The molecule has 0 rings (SSSR count). The summed E-state index contributed by atoms with van der Waals surface area (Å²) in [4.78, 5) is 38.1. The lowest BCUT2D eigenvalue weighted by Crippen LogP contribution is -2.37. The maximum atomic E-state index is 12.9. The van der Waals surface area contributed by atoms with Crippen LogP contribution in [0.15, 0.2) is 97.2 Å². The van der Waals surface area contributed by atoms with Crippen molar-refractivity contribution in [3.8, 4) is 0 Å². The highest BCUT2D eigenvalue weighted by molar-refractivity contribution is 7.45. The van der Waals surface area contributed by atoms with Gasteiger partial charge in [0.1, 0.15) is 19.8 Å². The second kappa shape index (κ2) is 68.3. The van der Waals surface area contributed by atoms with Crippen LogP contribution in [0.25, 0.3) is 0 Å². The normalized spacial score (nSPS) is 13.7. The summed E-state index contributed by atoms with van der Waals surface area (Å²) in [5.41, 5.74) is 0. The second-order valence-electron chi connectivity index (χ2n) is 25.9. The lowest BCUT2D eigenvalue weighted by atomic mass is 10.0. The molecule has 0 spiro atoms. The van der Waals surface area contributed by atoms with E-state index in [-0.39, 0.29) is 32.0 Å². The van der Waals surface area contributed by atoms with Gasteiger partial charge in [0.2, 0.25) is 0 Å². The fraction of sp³-hybridized carbons (Fsp3) is 0.769. The molecule has 9 nitrogen and oxygen atoms in total. The first-order valence-corrected chi connectivity index (χ1v) is 38.4. The number of hydrogen-bond donors (Lipinski definition) is 0. The molecule has 2 atom stereocenters. The Kier molecular flexibility index (Phi) is 65.9. The van der Waals surface area contributed by atoms with Crippen LogP contribution in [0.1, 0.15) is 335 Å². The number of hydrogen-bond acceptors (Lipinski definition) is 8. The standard InChI is InChI=1S/C78H140NO8P/c1-6-8-10-12-14-16-18-20-22-24-26-28-30-32-34-36-37-38-39-40-41-43-44-46-48-50-52-54-56-58-60-62-64-66-68-70-77(80)84-74-76(75-86-88(82,83)85-73-72-79(3,4)5)87-78(81)71-69-67-65-63-61-59-57-55-53-51-49-47-45-42-35-33-31-29-27-25-23-21-19-17-15-13-11-9-7-2/h9,11,15,17,21,23-24,26-27,29,33,35,45,47,51,53,76H,6-8,10,12-14,16,18-20,22,25,28,30-32,34,36-44,46,48-50,52,54-75H2,1-5H3/b11-9-,17-15-,23-21-,26-24-,29-27-,35-33-,47-45-,53-51-. The Morgan fingerprint density at radius 1 is 0.364 bits per heavy atom. The van der Waals surface area contributed by atoms with Crippen molar-refractivity contribution in [3.05, 3.63) is 97.2 Å². The van der Waals surface area contributed by atoms with Gasteiger partial charge in [0.05, 0.1) is 27.7 Å². The smallest absolute Gasteiger partial charge is 0.306 e. The average Bonchev–Trinajstić information content (AvgIpc) is 3.68. The fourth-order valence-corrected chi connectivity index (χ4v) is 11.2. The van der Waals surface area contributed by atoms with Crippen LogP contribution in [0.2, 0.25) is 0 Å². The van der Waals surface area contributed by atoms with Crippen LogP contribution >= 0.6 is 7.82 Å². The van der Waals surface area contributed by atoms with E-state index in [1.807, 2.05) is 21.1 Å². The van der Waals surface area contributed by atoms with Gasteiger partial charge in [-0.1, -0.05) is 323 Å². The Labute approximate surface area is 544 Å². The maximum absolute atomic E-state index is 12.9. The summed E-state index contributed by atoms with van der Waals surface area (Å²) < 4.78 is 34.3. The van der Waals surface area contributed by atoms with Gasteiger partial charge < -0.3 is 27.9 Å². The third kappa shape index (κ3) is 72.0. The van der Waals surface area contributed by atoms with E-state index >= 15 is 0 Å². The van der Waals surface area contributed by atoms with Crippen LogP contribution in [0.3, 0.4) is 0 Å². The van der Waals surface area contributed by atoms with E-state index in [0.717, 1.165) is 89.9 Å². The van der Waals surface area contributed by atoms with E-state index in [0.29, 0.717) is 17.4 Å². The Morgan fingerprint density at radius 2 is 0.648 bits per heavy atom.